The predicted octanol–water partition coefficient (Wildman–Crippen LogP) is 3.32. The molecule has 6 heteroatoms. The van der Waals surface area contributed by atoms with Crippen LogP contribution in [0.15, 0.2) is 18.2 Å². The van der Waals surface area contributed by atoms with E-state index in [-0.39, 0.29) is 23.7 Å². The third-order valence-corrected chi connectivity index (χ3v) is 4.28. The number of hydrogen-bond donors (Lipinski definition) is 2. The first-order valence-electron chi connectivity index (χ1n) is 6.79. The number of hydrogen-bond acceptors (Lipinski definition) is 2. The smallest absolute Gasteiger partial charge is 0.326 e. The highest BCUT2D eigenvalue weighted by molar-refractivity contribution is 6.35. The van der Waals surface area contributed by atoms with Gasteiger partial charge in [0.05, 0.1) is 0 Å². The van der Waals surface area contributed by atoms with Crippen molar-refractivity contribution in [1.82, 2.24) is 5.32 Å². The highest BCUT2D eigenvalue weighted by Crippen LogP contribution is 2.50. The number of carbonyl (C=O) groups is 2. The predicted molar refractivity (Wildman–Crippen MR) is 81.7 cm³/mol. The summed E-state index contributed by atoms with van der Waals surface area (Å²) >= 11 is 12.0. The van der Waals surface area contributed by atoms with E-state index in [1.807, 2.05) is 6.07 Å². The minimum Gasteiger partial charge on any atom is -0.480 e. The summed E-state index contributed by atoms with van der Waals surface area (Å²) in [7, 11) is 0. The van der Waals surface area contributed by atoms with Gasteiger partial charge in [-0.2, -0.15) is 0 Å². The van der Waals surface area contributed by atoms with Gasteiger partial charge in [-0.15, -0.1) is 0 Å². The SMILES string of the molecule is CC(C)[C@H](NC(=O)C1CC1c1ccc(Cl)cc1Cl)C(=O)O. The maximum Gasteiger partial charge on any atom is 0.326 e. The number of benzene rings is 1. The summed E-state index contributed by atoms with van der Waals surface area (Å²) in [5.74, 6) is -1.59. The standard InChI is InChI=1S/C15H17Cl2NO3/c1-7(2)13(15(20)21)18-14(19)11-6-10(11)9-4-3-8(16)5-12(9)17/h3-5,7,10-11,13H,6H2,1-2H3,(H,18,19)(H,20,21)/t10?,11?,13-/m0/s1. The summed E-state index contributed by atoms with van der Waals surface area (Å²) in [5, 5.41) is 12.8. The molecule has 0 saturated heterocycles. The lowest BCUT2D eigenvalue weighted by Crippen LogP contribution is -2.45. The molecule has 0 heterocycles. The topological polar surface area (TPSA) is 66.4 Å². The first kappa shape index (κ1) is 16.1. The maximum absolute atomic E-state index is 12.1. The zero-order valence-corrected chi connectivity index (χ0v) is 13.3. The monoisotopic (exact) mass is 329 g/mol. The summed E-state index contributed by atoms with van der Waals surface area (Å²) < 4.78 is 0. The average molecular weight is 330 g/mol. The Morgan fingerprint density at radius 1 is 1.33 bits per heavy atom. The number of halogens is 2. The highest BCUT2D eigenvalue weighted by Gasteiger charge is 2.45. The fourth-order valence-corrected chi connectivity index (χ4v) is 2.95. The number of carbonyl (C=O) groups excluding carboxylic acids is 1. The number of rotatable bonds is 5. The summed E-state index contributed by atoms with van der Waals surface area (Å²) in [6.07, 6.45) is 0.678. The van der Waals surface area contributed by atoms with Crippen LogP contribution in [0.2, 0.25) is 10.0 Å². The molecule has 114 valence electrons. The lowest BCUT2D eigenvalue weighted by Gasteiger charge is -2.18. The third kappa shape index (κ3) is 3.69. The molecule has 1 amide bonds. The molecule has 2 N–H and O–H groups in total. The van der Waals surface area contributed by atoms with Crippen molar-refractivity contribution in [2.75, 3.05) is 0 Å². The zero-order chi connectivity index (χ0) is 15.7. The molecular weight excluding hydrogens is 313 g/mol. The molecule has 0 aliphatic heterocycles. The van der Waals surface area contributed by atoms with Crippen LogP contribution >= 0.6 is 23.2 Å². The van der Waals surface area contributed by atoms with Crippen molar-refractivity contribution < 1.29 is 14.7 Å². The van der Waals surface area contributed by atoms with Crippen LogP contribution in [0.1, 0.15) is 31.7 Å². The van der Waals surface area contributed by atoms with Crippen LogP contribution in [0, 0.1) is 11.8 Å². The molecule has 1 fully saturated rings. The van der Waals surface area contributed by atoms with Crippen molar-refractivity contribution in [3.8, 4) is 0 Å². The van der Waals surface area contributed by atoms with Gasteiger partial charge >= 0.3 is 5.97 Å². The minimum absolute atomic E-state index is 0.0383. The van der Waals surface area contributed by atoms with Gasteiger partial charge in [0.2, 0.25) is 5.91 Å². The van der Waals surface area contributed by atoms with Crippen molar-refractivity contribution >= 4 is 35.1 Å². The Balaban J connectivity index is 2.02. The van der Waals surface area contributed by atoms with Gasteiger partial charge in [-0.05, 0) is 36.0 Å². The summed E-state index contributed by atoms with van der Waals surface area (Å²) in [5.41, 5.74) is 0.887. The van der Waals surface area contributed by atoms with Gasteiger partial charge < -0.3 is 10.4 Å². The van der Waals surface area contributed by atoms with Crippen LogP contribution < -0.4 is 5.32 Å². The van der Waals surface area contributed by atoms with Crippen LogP contribution in [0.3, 0.4) is 0 Å². The average Bonchev–Trinajstić information content (AvgIpc) is 3.15. The van der Waals surface area contributed by atoms with E-state index >= 15 is 0 Å². The first-order valence-corrected chi connectivity index (χ1v) is 7.55. The van der Waals surface area contributed by atoms with E-state index in [0.717, 1.165) is 5.56 Å². The van der Waals surface area contributed by atoms with E-state index in [0.29, 0.717) is 16.5 Å². The molecule has 1 aromatic rings. The Morgan fingerprint density at radius 2 is 2.00 bits per heavy atom. The second-order valence-corrected chi connectivity index (χ2v) is 6.53. The number of carboxylic acids is 1. The minimum atomic E-state index is -1.01. The van der Waals surface area contributed by atoms with Gasteiger partial charge in [-0.3, -0.25) is 4.79 Å². The Bertz CT molecular complexity index is 574. The Hall–Kier alpha value is -1.26. The van der Waals surface area contributed by atoms with Gasteiger partial charge in [0.1, 0.15) is 6.04 Å². The highest BCUT2D eigenvalue weighted by atomic mass is 35.5. The molecule has 0 bridgehead atoms. The Labute approximate surface area is 133 Å². The molecule has 21 heavy (non-hydrogen) atoms. The van der Waals surface area contributed by atoms with Crippen LogP contribution in [-0.4, -0.2) is 23.0 Å². The molecule has 2 unspecified atom stereocenters. The fourth-order valence-electron chi connectivity index (χ4n) is 2.40. The lowest BCUT2D eigenvalue weighted by atomic mass is 10.0. The van der Waals surface area contributed by atoms with Crippen molar-refractivity contribution in [3.63, 3.8) is 0 Å². The molecule has 4 nitrogen and oxygen atoms in total. The van der Waals surface area contributed by atoms with Gasteiger partial charge in [0.15, 0.2) is 0 Å². The summed E-state index contributed by atoms with van der Waals surface area (Å²) in [6.45, 7) is 3.53. The molecule has 1 aliphatic rings. The molecule has 0 aromatic heterocycles. The Morgan fingerprint density at radius 3 is 2.52 bits per heavy atom. The molecule has 3 atom stereocenters. The fraction of sp³-hybridized carbons (Fsp3) is 0.467. The van der Waals surface area contributed by atoms with Gasteiger partial charge in [0, 0.05) is 16.0 Å². The lowest BCUT2D eigenvalue weighted by molar-refractivity contribution is -0.143. The number of aliphatic carboxylic acids is 1. The number of nitrogens with one attached hydrogen (secondary N) is 1. The molecule has 1 saturated carbocycles. The Kier molecular flexibility index (Phi) is 4.79. The van der Waals surface area contributed by atoms with E-state index in [9.17, 15) is 9.59 Å². The van der Waals surface area contributed by atoms with Gasteiger partial charge in [0.25, 0.3) is 0 Å². The maximum atomic E-state index is 12.1. The zero-order valence-electron chi connectivity index (χ0n) is 11.8. The second-order valence-electron chi connectivity index (χ2n) is 5.68. The molecule has 0 radical (unpaired) electrons. The van der Waals surface area contributed by atoms with Crippen molar-refractivity contribution in [3.05, 3.63) is 33.8 Å². The van der Waals surface area contributed by atoms with E-state index in [2.05, 4.69) is 5.32 Å². The quantitative estimate of drug-likeness (QED) is 0.870. The molecule has 0 spiro atoms. The van der Waals surface area contributed by atoms with Crippen molar-refractivity contribution in [2.45, 2.75) is 32.2 Å². The van der Waals surface area contributed by atoms with E-state index in [1.165, 1.54) is 0 Å². The normalized spacial score (nSPS) is 22.0. The summed E-state index contributed by atoms with van der Waals surface area (Å²) in [6, 6.07) is 4.35. The van der Waals surface area contributed by atoms with Crippen molar-refractivity contribution in [2.24, 2.45) is 11.8 Å². The van der Waals surface area contributed by atoms with Crippen molar-refractivity contribution in [1.29, 1.82) is 0 Å². The first-order chi connectivity index (χ1) is 9.81. The van der Waals surface area contributed by atoms with Crippen LogP contribution in [0.25, 0.3) is 0 Å². The van der Waals surface area contributed by atoms with Crippen LogP contribution in [0.5, 0.6) is 0 Å². The van der Waals surface area contributed by atoms with Gasteiger partial charge in [-0.25, -0.2) is 4.79 Å². The van der Waals surface area contributed by atoms with Crippen LogP contribution in [0.4, 0.5) is 0 Å². The van der Waals surface area contributed by atoms with Gasteiger partial charge in [-0.1, -0.05) is 43.1 Å². The van der Waals surface area contributed by atoms with E-state index < -0.39 is 12.0 Å². The molecular formula is C15H17Cl2NO3. The molecule has 2 rings (SSSR count). The third-order valence-electron chi connectivity index (χ3n) is 3.72. The number of amides is 1. The second kappa shape index (κ2) is 6.24. The van der Waals surface area contributed by atoms with E-state index in [1.54, 1.807) is 26.0 Å². The number of carboxylic acid groups (broad SMARTS) is 1. The summed E-state index contributed by atoms with van der Waals surface area (Å²) in [4.78, 5) is 23.3. The van der Waals surface area contributed by atoms with E-state index in [4.69, 9.17) is 28.3 Å². The van der Waals surface area contributed by atoms with Crippen LogP contribution in [-0.2, 0) is 9.59 Å². The largest absolute Gasteiger partial charge is 0.480 e. The molecule has 1 aliphatic carbocycles. The molecule has 1 aromatic carbocycles.